The highest BCUT2D eigenvalue weighted by atomic mass is 19.4. The maximum Gasteiger partial charge on any atom is 0.416 e. The van der Waals surface area contributed by atoms with Gasteiger partial charge in [0.2, 0.25) is 0 Å². The van der Waals surface area contributed by atoms with Gasteiger partial charge in [-0.25, -0.2) is 0 Å². The molecule has 19 heavy (non-hydrogen) atoms. The Morgan fingerprint density at radius 3 is 2.53 bits per heavy atom. The van der Waals surface area contributed by atoms with Gasteiger partial charge in [-0.15, -0.1) is 0 Å². The van der Waals surface area contributed by atoms with Crippen molar-refractivity contribution in [2.75, 3.05) is 6.54 Å². The SMILES string of the molecule is OC1CCCNC(Oc2ccc(C(F)(F)F)cc2)C1. The molecule has 1 aromatic rings. The molecule has 1 saturated heterocycles. The molecule has 2 atom stereocenters. The Balaban J connectivity index is 1.99. The zero-order valence-electron chi connectivity index (χ0n) is 10.3. The Labute approximate surface area is 109 Å². The van der Waals surface area contributed by atoms with Crippen LogP contribution in [0.15, 0.2) is 24.3 Å². The average Bonchev–Trinajstić information content (AvgIpc) is 2.53. The normalized spacial score (nSPS) is 24.8. The molecule has 1 heterocycles. The zero-order valence-corrected chi connectivity index (χ0v) is 10.3. The highest BCUT2D eigenvalue weighted by Gasteiger charge is 2.30. The van der Waals surface area contributed by atoms with Gasteiger partial charge >= 0.3 is 6.18 Å². The fourth-order valence-electron chi connectivity index (χ4n) is 2.03. The van der Waals surface area contributed by atoms with Gasteiger partial charge in [0.05, 0.1) is 11.7 Å². The van der Waals surface area contributed by atoms with Gasteiger partial charge in [-0.2, -0.15) is 13.2 Å². The van der Waals surface area contributed by atoms with E-state index in [2.05, 4.69) is 5.32 Å². The quantitative estimate of drug-likeness (QED) is 0.871. The van der Waals surface area contributed by atoms with Crippen LogP contribution in [0.2, 0.25) is 0 Å². The van der Waals surface area contributed by atoms with Crippen LogP contribution in [0.4, 0.5) is 13.2 Å². The van der Waals surface area contributed by atoms with Crippen LogP contribution in [0.3, 0.4) is 0 Å². The van der Waals surface area contributed by atoms with E-state index in [1.54, 1.807) is 0 Å². The summed E-state index contributed by atoms with van der Waals surface area (Å²) in [6.07, 6.45) is -3.15. The molecule has 6 heteroatoms. The van der Waals surface area contributed by atoms with Crippen molar-refractivity contribution < 1.29 is 23.0 Å². The van der Waals surface area contributed by atoms with Gasteiger partial charge in [-0.3, -0.25) is 5.32 Å². The zero-order chi connectivity index (χ0) is 13.9. The van der Waals surface area contributed by atoms with E-state index in [1.165, 1.54) is 12.1 Å². The van der Waals surface area contributed by atoms with Crippen LogP contribution in [-0.4, -0.2) is 24.0 Å². The smallest absolute Gasteiger partial charge is 0.416 e. The summed E-state index contributed by atoms with van der Waals surface area (Å²) in [6, 6.07) is 4.56. The van der Waals surface area contributed by atoms with Crippen LogP contribution >= 0.6 is 0 Å². The summed E-state index contributed by atoms with van der Waals surface area (Å²) >= 11 is 0. The van der Waals surface area contributed by atoms with Crippen LogP contribution in [0.5, 0.6) is 5.75 Å². The molecule has 0 aliphatic carbocycles. The van der Waals surface area contributed by atoms with Gasteiger partial charge in [0.1, 0.15) is 5.75 Å². The molecule has 0 radical (unpaired) electrons. The number of aliphatic hydroxyl groups is 1. The van der Waals surface area contributed by atoms with E-state index in [0.29, 0.717) is 18.6 Å². The molecule has 1 aliphatic heterocycles. The van der Waals surface area contributed by atoms with E-state index >= 15 is 0 Å². The summed E-state index contributed by atoms with van der Waals surface area (Å²) in [6.45, 7) is 0.725. The van der Waals surface area contributed by atoms with Gasteiger partial charge < -0.3 is 9.84 Å². The average molecular weight is 275 g/mol. The topological polar surface area (TPSA) is 41.5 Å². The highest BCUT2D eigenvalue weighted by molar-refractivity contribution is 5.29. The molecule has 1 aliphatic rings. The lowest BCUT2D eigenvalue weighted by atomic mass is 10.1. The Morgan fingerprint density at radius 2 is 1.89 bits per heavy atom. The summed E-state index contributed by atoms with van der Waals surface area (Å²) in [5.41, 5.74) is -0.700. The summed E-state index contributed by atoms with van der Waals surface area (Å²) in [4.78, 5) is 0. The number of hydrogen-bond acceptors (Lipinski definition) is 3. The fourth-order valence-corrected chi connectivity index (χ4v) is 2.03. The fraction of sp³-hybridized carbons (Fsp3) is 0.538. The molecule has 0 bridgehead atoms. The molecule has 3 nitrogen and oxygen atoms in total. The number of benzene rings is 1. The van der Waals surface area contributed by atoms with Gasteiger partial charge in [0.15, 0.2) is 6.23 Å². The lowest BCUT2D eigenvalue weighted by molar-refractivity contribution is -0.137. The second-order valence-corrected chi connectivity index (χ2v) is 4.61. The third-order valence-electron chi connectivity index (χ3n) is 3.03. The van der Waals surface area contributed by atoms with Crippen LogP contribution in [0.1, 0.15) is 24.8 Å². The first-order chi connectivity index (χ1) is 8.95. The maximum atomic E-state index is 12.4. The molecular weight excluding hydrogens is 259 g/mol. The van der Waals surface area contributed by atoms with Crippen molar-refractivity contribution in [2.24, 2.45) is 0 Å². The first kappa shape index (κ1) is 14.1. The van der Waals surface area contributed by atoms with E-state index in [0.717, 1.165) is 25.1 Å². The number of ether oxygens (including phenoxy) is 1. The molecule has 0 amide bonds. The summed E-state index contributed by atoms with van der Waals surface area (Å²) < 4.78 is 42.7. The molecular formula is C13H16F3NO2. The van der Waals surface area contributed by atoms with Crippen molar-refractivity contribution in [3.63, 3.8) is 0 Å². The Morgan fingerprint density at radius 1 is 1.21 bits per heavy atom. The molecule has 0 saturated carbocycles. The molecule has 2 rings (SSSR count). The minimum absolute atomic E-state index is 0.361. The van der Waals surface area contributed by atoms with E-state index in [-0.39, 0.29) is 6.23 Å². The van der Waals surface area contributed by atoms with Crippen LogP contribution in [-0.2, 0) is 6.18 Å². The predicted octanol–water partition coefficient (Wildman–Crippen LogP) is 2.54. The molecule has 106 valence electrons. The maximum absolute atomic E-state index is 12.4. The first-order valence-corrected chi connectivity index (χ1v) is 6.20. The van der Waals surface area contributed by atoms with Crippen molar-refractivity contribution >= 4 is 0 Å². The van der Waals surface area contributed by atoms with Gasteiger partial charge in [-0.1, -0.05) is 0 Å². The van der Waals surface area contributed by atoms with E-state index in [9.17, 15) is 18.3 Å². The van der Waals surface area contributed by atoms with Gasteiger partial charge in [0, 0.05) is 6.42 Å². The molecule has 1 fully saturated rings. The molecule has 2 N–H and O–H groups in total. The van der Waals surface area contributed by atoms with Gasteiger partial charge in [0.25, 0.3) is 0 Å². The Bertz CT molecular complexity index is 405. The van der Waals surface area contributed by atoms with Crippen molar-refractivity contribution in [3.05, 3.63) is 29.8 Å². The van der Waals surface area contributed by atoms with Gasteiger partial charge in [-0.05, 0) is 43.7 Å². The number of halogens is 3. The van der Waals surface area contributed by atoms with Crippen LogP contribution in [0, 0.1) is 0 Å². The van der Waals surface area contributed by atoms with Crippen LogP contribution < -0.4 is 10.1 Å². The molecule has 0 spiro atoms. The van der Waals surface area contributed by atoms with Crippen molar-refractivity contribution in [3.8, 4) is 5.75 Å². The third kappa shape index (κ3) is 4.11. The summed E-state index contributed by atoms with van der Waals surface area (Å²) in [7, 11) is 0. The molecule has 0 aromatic heterocycles. The summed E-state index contributed by atoms with van der Waals surface area (Å²) in [5, 5.41) is 12.7. The van der Waals surface area contributed by atoms with Crippen molar-refractivity contribution in [1.82, 2.24) is 5.32 Å². The van der Waals surface area contributed by atoms with Crippen molar-refractivity contribution in [1.29, 1.82) is 0 Å². The number of nitrogens with one attached hydrogen (secondary N) is 1. The number of alkyl halides is 3. The third-order valence-corrected chi connectivity index (χ3v) is 3.03. The lowest BCUT2D eigenvalue weighted by Crippen LogP contribution is -2.35. The second kappa shape index (κ2) is 5.79. The monoisotopic (exact) mass is 275 g/mol. The highest BCUT2D eigenvalue weighted by Crippen LogP contribution is 2.30. The summed E-state index contributed by atoms with van der Waals surface area (Å²) in [5.74, 6) is 0.361. The number of aliphatic hydroxyl groups excluding tert-OH is 1. The van der Waals surface area contributed by atoms with Crippen LogP contribution in [0.25, 0.3) is 0 Å². The predicted molar refractivity (Wildman–Crippen MR) is 63.7 cm³/mol. The number of hydrogen-bond donors (Lipinski definition) is 2. The Kier molecular flexibility index (Phi) is 4.31. The second-order valence-electron chi connectivity index (χ2n) is 4.61. The molecule has 2 unspecified atom stereocenters. The number of rotatable bonds is 2. The lowest BCUT2D eigenvalue weighted by Gasteiger charge is -2.19. The minimum Gasteiger partial charge on any atom is -0.475 e. The van der Waals surface area contributed by atoms with E-state index in [1.807, 2.05) is 0 Å². The van der Waals surface area contributed by atoms with E-state index < -0.39 is 17.8 Å². The standard InChI is InChI=1S/C13H16F3NO2/c14-13(15,16)9-3-5-11(6-4-9)19-12-8-10(18)2-1-7-17-12/h3-6,10,12,17-18H,1-2,7-8H2. The van der Waals surface area contributed by atoms with E-state index in [4.69, 9.17) is 4.74 Å². The van der Waals surface area contributed by atoms with Crippen molar-refractivity contribution in [2.45, 2.75) is 37.8 Å². The molecule has 1 aromatic carbocycles. The largest absolute Gasteiger partial charge is 0.475 e. The first-order valence-electron chi connectivity index (χ1n) is 6.20. The minimum atomic E-state index is -4.34. The Hall–Kier alpha value is -1.27.